The molecule has 6 heteroatoms. The lowest BCUT2D eigenvalue weighted by molar-refractivity contribution is -0.125. The molecule has 0 saturated carbocycles. The number of carbonyl (C=O) groups excluding carboxylic acids is 1. The maximum absolute atomic E-state index is 12.2. The fraction of sp³-hybridized carbons (Fsp3) is 0.647. The van der Waals surface area contributed by atoms with Gasteiger partial charge in [-0.1, -0.05) is 11.6 Å². The lowest BCUT2D eigenvalue weighted by Crippen LogP contribution is -2.41. The molecule has 0 spiro atoms. The number of piperidine rings is 1. The normalized spacial score (nSPS) is 15.9. The summed E-state index contributed by atoms with van der Waals surface area (Å²) in [5, 5.41) is 3.68. The van der Waals surface area contributed by atoms with Gasteiger partial charge in [0, 0.05) is 38.4 Å². The Morgan fingerprint density at radius 2 is 2.22 bits per heavy atom. The molecule has 2 rings (SSSR count). The minimum absolute atomic E-state index is 0.0831. The minimum atomic E-state index is 0.0831. The first-order chi connectivity index (χ1) is 11.1. The predicted molar refractivity (Wildman–Crippen MR) is 92.9 cm³/mol. The van der Waals surface area contributed by atoms with Crippen LogP contribution in [0.15, 0.2) is 18.3 Å². The highest BCUT2D eigenvalue weighted by atomic mass is 35.5. The molecular weight excluding hydrogens is 314 g/mol. The van der Waals surface area contributed by atoms with Gasteiger partial charge in [-0.15, -0.1) is 0 Å². The molecule has 1 aromatic heterocycles. The van der Waals surface area contributed by atoms with E-state index in [0.29, 0.717) is 18.2 Å². The smallest absolute Gasteiger partial charge is 0.223 e. The Kier molecular flexibility index (Phi) is 7.12. The summed E-state index contributed by atoms with van der Waals surface area (Å²) in [4.78, 5) is 18.7. The van der Waals surface area contributed by atoms with Gasteiger partial charge in [0.2, 0.25) is 5.91 Å². The number of nitrogens with zero attached hydrogens (tertiary/aromatic N) is 2. The van der Waals surface area contributed by atoms with Crippen molar-refractivity contribution >= 4 is 23.3 Å². The van der Waals surface area contributed by atoms with Gasteiger partial charge in [0.15, 0.2) is 0 Å². The average Bonchev–Trinajstić information content (AvgIpc) is 2.55. The number of amides is 1. The van der Waals surface area contributed by atoms with Crippen molar-refractivity contribution in [2.45, 2.75) is 39.2 Å². The molecular formula is C17H26ClN3O2. The highest BCUT2D eigenvalue weighted by molar-refractivity contribution is 6.32. The summed E-state index contributed by atoms with van der Waals surface area (Å²) in [6.45, 7) is 7.02. The molecule has 1 fully saturated rings. The molecule has 2 heterocycles. The fourth-order valence-corrected chi connectivity index (χ4v) is 2.95. The number of halogens is 1. The Morgan fingerprint density at radius 1 is 1.48 bits per heavy atom. The van der Waals surface area contributed by atoms with Crippen LogP contribution in [0, 0.1) is 5.92 Å². The van der Waals surface area contributed by atoms with Crippen LogP contribution in [0.2, 0.25) is 5.02 Å². The highest BCUT2D eigenvalue weighted by Gasteiger charge is 2.26. The maximum atomic E-state index is 12.2. The van der Waals surface area contributed by atoms with Crippen molar-refractivity contribution in [1.29, 1.82) is 0 Å². The topological polar surface area (TPSA) is 54.5 Å². The van der Waals surface area contributed by atoms with E-state index < -0.39 is 0 Å². The zero-order valence-corrected chi connectivity index (χ0v) is 14.7. The standard InChI is InChI=1S/C17H26ClN3O2/c1-13(2)23-12-4-9-20-17(22)14-6-10-21(11-7-14)16-15(18)5-3-8-19-16/h3,5,8,13-14H,4,6-7,9-12H2,1-2H3,(H,20,22). The monoisotopic (exact) mass is 339 g/mol. The van der Waals surface area contributed by atoms with Crippen molar-refractivity contribution in [3.63, 3.8) is 0 Å². The van der Waals surface area contributed by atoms with Crippen LogP contribution in [0.1, 0.15) is 33.1 Å². The van der Waals surface area contributed by atoms with Crippen LogP contribution in [-0.2, 0) is 9.53 Å². The molecule has 0 atom stereocenters. The predicted octanol–water partition coefficient (Wildman–Crippen LogP) is 2.88. The van der Waals surface area contributed by atoms with Gasteiger partial charge in [0.25, 0.3) is 0 Å². The van der Waals surface area contributed by atoms with Gasteiger partial charge in [-0.25, -0.2) is 4.98 Å². The Labute approximate surface area is 143 Å². The van der Waals surface area contributed by atoms with Crippen molar-refractivity contribution in [3.8, 4) is 0 Å². The molecule has 1 N–H and O–H groups in total. The van der Waals surface area contributed by atoms with Crippen LogP contribution in [0.3, 0.4) is 0 Å². The van der Waals surface area contributed by atoms with Crippen molar-refractivity contribution in [2.75, 3.05) is 31.1 Å². The van der Waals surface area contributed by atoms with Gasteiger partial charge in [-0.05, 0) is 45.2 Å². The maximum Gasteiger partial charge on any atom is 0.223 e. The number of aromatic nitrogens is 1. The SMILES string of the molecule is CC(C)OCCCNC(=O)C1CCN(c2ncccc2Cl)CC1. The number of carbonyl (C=O) groups is 1. The van der Waals surface area contributed by atoms with Crippen molar-refractivity contribution in [3.05, 3.63) is 23.4 Å². The molecule has 1 aliphatic heterocycles. The zero-order chi connectivity index (χ0) is 16.7. The number of hydrogen-bond acceptors (Lipinski definition) is 4. The Bertz CT molecular complexity index is 502. The molecule has 0 aliphatic carbocycles. The fourth-order valence-electron chi connectivity index (χ4n) is 2.71. The first-order valence-corrected chi connectivity index (χ1v) is 8.70. The van der Waals surface area contributed by atoms with E-state index in [0.717, 1.165) is 38.2 Å². The molecule has 1 amide bonds. The molecule has 0 radical (unpaired) electrons. The van der Waals surface area contributed by atoms with Gasteiger partial charge >= 0.3 is 0 Å². The summed E-state index contributed by atoms with van der Waals surface area (Å²) in [6, 6.07) is 3.68. The number of hydrogen-bond donors (Lipinski definition) is 1. The van der Waals surface area contributed by atoms with E-state index in [2.05, 4.69) is 15.2 Å². The second-order valence-electron chi connectivity index (χ2n) is 6.13. The molecule has 5 nitrogen and oxygen atoms in total. The van der Waals surface area contributed by atoms with Crippen LogP contribution in [0.4, 0.5) is 5.82 Å². The van der Waals surface area contributed by atoms with Crippen molar-refractivity contribution in [1.82, 2.24) is 10.3 Å². The van der Waals surface area contributed by atoms with Crippen LogP contribution in [0.25, 0.3) is 0 Å². The Hall–Kier alpha value is -1.33. The van der Waals surface area contributed by atoms with E-state index >= 15 is 0 Å². The van der Waals surface area contributed by atoms with Crippen LogP contribution in [-0.4, -0.2) is 43.2 Å². The third kappa shape index (κ3) is 5.66. The molecule has 128 valence electrons. The third-order valence-electron chi connectivity index (χ3n) is 3.98. The Morgan fingerprint density at radius 3 is 2.87 bits per heavy atom. The summed E-state index contributed by atoms with van der Waals surface area (Å²) in [5.74, 6) is 1.06. The van der Waals surface area contributed by atoms with Crippen LogP contribution in [0.5, 0.6) is 0 Å². The second-order valence-corrected chi connectivity index (χ2v) is 6.54. The van der Waals surface area contributed by atoms with E-state index in [-0.39, 0.29) is 17.9 Å². The summed E-state index contributed by atoms with van der Waals surface area (Å²) in [6.07, 6.45) is 4.52. The minimum Gasteiger partial charge on any atom is -0.379 e. The van der Waals surface area contributed by atoms with Crippen molar-refractivity contribution in [2.24, 2.45) is 5.92 Å². The second kappa shape index (κ2) is 9.08. The molecule has 0 aromatic carbocycles. The summed E-state index contributed by atoms with van der Waals surface area (Å²) < 4.78 is 5.47. The summed E-state index contributed by atoms with van der Waals surface area (Å²) in [5.41, 5.74) is 0. The van der Waals surface area contributed by atoms with E-state index in [1.165, 1.54) is 0 Å². The third-order valence-corrected chi connectivity index (χ3v) is 4.27. The van der Waals surface area contributed by atoms with Gasteiger partial charge in [-0.3, -0.25) is 4.79 Å². The van der Waals surface area contributed by atoms with Crippen LogP contribution >= 0.6 is 11.6 Å². The molecule has 1 aliphatic rings. The van der Waals surface area contributed by atoms with Crippen molar-refractivity contribution < 1.29 is 9.53 Å². The van der Waals surface area contributed by atoms with E-state index in [1.54, 1.807) is 6.20 Å². The quantitative estimate of drug-likeness (QED) is 0.776. The number of rotatable bonds is 7. The zero-order valence-electron chi connectivity index (χ0n) is 13.9. The van der Waals surface area contributed by atoms with E-state index in [1.807, 2.05) is 26.0 Å². The average molecular weight is 340 g/mol. The van der Waals surface area contributed by atoms with E-state index in [9.17, 15) is 4.79 Å². The lowest BCUT2D eigenvalue weighted by Gasteiger charge is -2.32. The lowest BCUT2D eigenvalue weighted by atomic mass is 9.96. The Balaban J connectivity index is 1.70. The van der Waals surface area contributed by atoms with Crippen LogP contribution < -0.4 is 10.2 Å². The number of anilines is 1. The molecule has 23 heavy (non-hydrogen) atoms. The summed E-state index contributed by atoms with van der Waals surface area (Å²) in [7, 11) is 0. The molecule has 0 bridgehead atoms. The molecule has 1 aromatic rings. The van der Waals surface area contributed by atoms with Gasteiger partial charge in [0.05, 0.1) is 11.1 Å². The van der Waals surface area contributed by atoms with Gasteiger partial charge in [0.1, 0.15) is 5.82 Å². The molecule has 1 saturated heterocycles. The summed E-state index contributed by atoms with van der Waals surface area (Å²) >= 11 is 6.18. The first kappa shape index (κ1) is 18.0. The molecule has 0 unspecified atom stereocenters. The van der Waals surface area contributed by atoms with Gasteiger partial charge < -0.3 is 15.0 Å². The largest absolute Gasteiger partial charge is 0.379 e. The van der Waals surface area contributed by atoms with E-state index in [4.69, 9.17) is 16.3 Å². The first-order valence-electron chi connectivity index (χ1n) is 8.32. The number of pyridine rings is 1. The highest BCUT2D eigenvalue weighted by Crippen LogP contribution is 2.27. The van der Waals surface area contributed by atoms with Gasteiger partial charge in [-0.2, -0.15) is 0 Å². The number of ether oxygens (including phenoxy) is 1. The number of nitrogens with one attached hydrogen (secondary N) is 1.